The lowest BCUT2D eigenvalue weighted by molar-refractivity contribution is -0.124. The van der Waals surface area contributed by atoms with Crippen LogP contribution in [0.1, 0.15) is 5.82 Å². The van der Waals surface area contributed by atoms with Crippen LogP contribution in [-0.4, -0.2) is 39.8 Å². The van der Waals surface area contributed by atoms with Crippen molar-refractivity contribution in [2.75, 3.05) is 13.7 Å². The number of amides is 1. The van der Waals surface area contributed by atoms with Crippen LogP contribution in [0.5, 0.6) is 0 Å². The van der Waals surface area contributed by atoms with Crippen molar-refractivity contribution >= 4 is 17.5 Å². The molecule has 1 amide bonds. The lowest BCUT2D eigenvalue weighted by Gasteiger charge is -2.06. The monoisotopic (exact) mass is 281 g/mol. The highest BCUT2D eigenvalue weighted by molar-refractivity contribution is 6.30. The summed E-state index contributed by atoms with van der Waals surface area (Å²) in [5.74, 6) is 0.292. The van der Waals surface area contributed by atoms with E-state index in [1.165, 1.54) is 11.8 Å². The van der Waals surface area contributed by atoms with Crippen LogP contribution in [0, 0.1) is 0 Å². The van der Waals surface area contributed by atoms with E-state index >= 15 is 0 Å². The molecule has 19 heavy (non-hydrogen) atoms. The molecule has 0 atom stereocenters. The summed E-state index contributed by atoms with van der Waals surface area (Å²) in [6.45, 7) is 0.223. The van der Waals surface area contributed by atoms with Gasteiger partial charge in [-0.3, -0.25) is 4.79 Å². The number of nitrogens with zero attached hydrogens (tertiary/aromatic N) is 4. The van der Waals surface area contributed by atoms with Crippen LogP contribution in [0.15, 0.2) is 24.3 Å². The highest BCUT2D eigenvalue weighted by Crippen LogP contribution is 2.13. The second kappa shape index (κ2) is 6.26. The Hall–Kier alpha value is -1.99. The molecular formula is C11H12ClN5O2. The third-order valence-corrected chi connectivity index (χ3v) is 2.58. The highest BCUT2D eigenvalue weighted by atomic mass is 35.5. The van der Waals surface area contributed by atoms with Crippen molar-refractivity contribution in [3.8, 4) is 5.69 Å². The molecule has 1 heterocycles. The summed E-state index contributed by atoms with van der Waals surface area (Å²) in [4.78, 5) is 11.3. The molecule has 0 aliphatic carbocycles. The molecule has 7 nitrogen and oxygen atoms in total. The second-order valence-electron chi connectivity index (χ2n) is 3.69. The van der Waals surface area contributed by atoms with Crippen molar-refractivity contribution in [2.45, 2.75) is 6.54 Å². The molecule has 0 saturated heterocycles. The van der Waals surface area contributed by atoms with Gasteiger partial charge in [0.05, 0.1) is 12.2 Å². The Bertz CT molecular complexity index is 554. The van der Waals surface area contributed by atoms with E-state index < -0.39 is 0 Å². The van der Waals surface area contributed by atoms with Crippen molar-refractivity contribution in [1.29, 1.82) is 0 Å². The first-order chi connectivity index (χ1) is 9.20. The van der Waals surface area contributed by atoms with E-state index in [9.17, 15) is 4.79 Å². The van der Waals surface area contributed by atoms with Gasteiger partial charge in [0, 0.05) is 12.1 Å². The summed E-state index contributed by atoms with van der Waals surface area (Å²) in [5, 5.41) is 14.6. The largest absolute Gasteiger partial charge is 0.375 e. The minimum Gasteiger partial charge on any atom is -0.375 e. The fourth-order valence-electron chi connectivity index (χ4n) is 1.46. The minimum atomic E-state index is -0.229. The number of aromatic nitrogens is 4. The smallest absolute Gasteiger partial charge is 0.246 e. The molecule has 2 rings (SSSR count). The zero-order valence-electron chi connectivity index (χ0n) is 10.2. The topological polar surface area (TPSA) is 81.9 Å². The van der Waals surface area contributed by atoms with Crippen LogP contribution in [0.3, 0.4) is 0 Å². The molecule has 0 radical (unpaired) electrons. The van der Waals surface area contributed by atoms with Gasteiger partial charge in [-0.2, -0.15) is 4.68 Å². The summed E-state index contributed by atoms with van der Waals surface area (Å²) in [5.41, 5.74) is 0.769. The van der Waals surface area contributed by atoms with Crippen molar-refractivity contribution < 1.29 is 9.53 Å². The number of ether oxygens (including phenoxy) is 1. The number of carbonyl (C=O) groups excluding carboxylic acids is 1. The molecule has 1 aromatic heterocycles. The molecule has 0 saturated carbocycles. The molecule has 0 aliphatic rings. The summed E-state index contributed by atoms with van der Waals surface area (Å²) in [6.07, 6.45) is 0. The second-order valence-corrected chi connectivity index (χ2v) is 4.13. The molecule has 0 spiro atoms. The lowest BCUT2D eigenvalue weighted by Crippen LogP contribution is -2.28. The quantitative estimate of drug-likeness (QED) is 0.867. The van der Waals surface area contributed by atoms with Crippen LogP contribution < -0.4 is 5.32 Å². The summed E-state index contributed by atoms with van der Waals surface area (Å²) < 4.78 is 6.25. The van der Waals surface area contributed by atoms with Gasteiger partial charge in [0.2, 0.25) is 5.91 Å². The number of hydrogen-bond donors (Lipinski definition) is 1. The van der Waals surface area contributed by atoms with Crippen LogP contribution in [0.2, 0.25) is 5.02 Å². The fourth-order valence-corrected chi connectivity index (χ4v) is 1.58. The van der Waals surface area contributed by atoms with E-state index in [1.54, 1.807) is 24.3 Å². The molecule has 0 unspecified atom stereocenters. The van der Waals surface area contributed by atoms with Crippen molar-refractivity contribution in [1.82, 2.24) is 25.5 Å². The summed E-state index contributed by atoms with van der Waals surface area (Å²) in [6, 6.07) is 7.07. The maximum absolute atomic E-state index is 11.3. The number of rotatable bonds is 5. The zero-order valence-corrected chi connectivity index (χ0v) is 11.0. The van der Waals surface area contributed by atoms with E-state index in [4.69, 9.17) is 16.3 Å². The van der Waals surface area contributed by atoms with Gasteiger partial charge in [-0.25, -0.2) is 0 Å². The first-order valence-corrected chi connectivity index (χ1v) is 5.87. The Morgan fingerprint density at radius 2 is 2.16 bits per heavy atom. The van der Waals surface area contributed by atoms with E-state index in [0.717, 1.165) is 5.69 Å². The molecule has 8 heteroatoms. The van der Waals surface area contributed by atoms with Gasteiger partial charge >= 0.3 is 0 Å². The third-order valence-electron chi connectivity index (χ3n) is 2.32. The molecule has 2 aromatic rings. The number of hydrogen-bond acceptors (Lipinski definition) is 5. The van der Waals surface area contributed by atoms with E-state index in [0.29, 0.717) is 10.8 Å². The van der Waals surface area contributed by atoms with Crippen molar-refractivity contribution in [3.63, 3.8) is 0 Å². The average molecular weight is 282 g/mol. The minimum absolute atomic E-state index is 0.00249. The number of carbonyl (C=O) groups is 1. The van der Waals surface area contributed by atoms with E-state index in [1.807, 2.05) is 0 Å². The van der Waals surface area contributed by atoms with Crippen LogP contribution in [0.25, 0.3) is 5.69 Å². The summed E-state index contributed by atoms with van der Waals surface area (Å²) in [7, 11) is 1.46. The van der Waals surface area contributed by atoms with Crippen molar-refractivity contribution in [2.24, 2.45) is 0 Å². The molecule has 100 valence electrons. The SMILES string of the molecule is COCC(=O)NCc1nnnn1-c1ccc(Cl)cc1. The standard InChI is InChI=1S/C11H12ClN5O2/c1-19-7-11(18)13-6-10-14-15-16-17(10)9-4-2-8(12)3-5-9/h2-5H,6-7H2,1H3,(H,13,18). The fraction of sp³-hybridized carbons (Fsp3) is 0.273. The van der Waals surface area contributed by atoms with Gasteiger partial charge < -0.3 is 10.1 Å². The number of methoxy groups -OCH3 is 1. The number of halogens is 1. The molecule has 1 N–H and O–H groups in total. The maximum atomic E-state index is 11.3. The predicted molar refractivity (Wildman–Crippen MR) is 67.9 cm³/mol. The molecule has 1 aromatic carbocycles. The Balaban J connectivity index is 2.09. The van der Waals surface area contributed by atoms with Gasteiger partial charge in [0.25, 0.3) is 0 Å². The number of nitrogens with one attached hydrogen (secondary N) is 1. The normalized spacial score (nSPS) is 10.4. The first kappa shape index (κ1) is 13.4. The molecule has 0 fully saturated rings. The highest BCUT2D eigenvalue weighted by Gasteiger charge is 2.09. The Morgan fingerprint density at radius 1 is 1.42 bits per heavy atom. The maximum Gasteiger partial charge on any atom is 0.246 e. The number of benzene rings is 1. The Morgan fingerprint density at radius 3 is 2.84 bits per heavy atom. The number of tetrazole rings is 1. The van der Waals surface area contributed by atoms with Crippen molar-refractivity contribution in [3.05, 3.63) is 35.1 Å². The van der Waals surface area contributed by atoms with Crippen LogP contribution in [0.4, 0.5) is 0 Å². The average Bonchev–Trinajstić information content (AvgIpc) is 2.86. The van der Waals surface area contributed by atoms with E-state index in [2.05, 4.69) is 20.8 Å². The first-order valence-electron chi connectivity index (χ1n) is 5.49. The van der Waals surface area contributed by atoms with E-state index in [-0.39, 0.29) is 19.1 Å². The lowest BCUT2D eigenvalue weighted by atomic mass is 10.3. The van der Waals surface area contributed by atoms with Gasteiger partial charge in [0.15, 0.2) is 5.82 Å². The Labute approximate surface area is 114 Å². The van der Waals surface area contributed by atoms with Crippen LogP contribution in [-0.2, 0) is 16.1 Å². The van der Waals surface area contributed by atoms with Gasteiger partial charge in [-0.05, 0) is 34.7 Å². The summed E-state index contributed by atoms with van der Waals surface area (Å²) >= 11 is 5.82. The molecule has 0 bridgehead atoms. The van der Waals surface area contributed by atoms with Gasteiger partial charge in [-0.1, -0.05) is 11.6 Å². The molecule has 0 aliphatic heterocycles. The van der Waals surface area contributed by atoms with Gasteiger partial charge in [0.1, 0.15) is 6.61 Å². The van der Waals surface area contributed by atoms with Crippen LogP contribution >= 0.6 is 11.6 Å². The predicted octanol–water partition coefficient (Wildman–Crippen LogP) is 0.578. The third kappa shape index (κ3) is 3.49. The zero-order chi connectivity index (χ0) is 13.7. The van der Waals surface area contributed by atoms with Gasteiger partial charge in [-0.15, -0.1) is 5.10 Å². The molecular weight excluding hydrogens is 270 g/mol. The Kier molecular flexibility index (Phi) is 4.43.